The number of carbonyl (C=O) groups excluding carboxylic acids is 1. The highest BCUT2D eigenvalue weighted by Crippen LogP contribution is 2.23. The third-order valence-corrected chi connectivity index (χ3v) is 5.26. The van der Waals surface area contributed by atoms with E-state index >= 15 is 0 Å². The maximum atomic E-state index is 12.0. The molecule has 1 amide bonds. The summed E-state index contributed by atoms with van der Waals surface area (Å²) in [5.41, 5.74) is 0. The van der Waals surface area contributed by atoms with Crippen LogP contribution in [0.5, 0.6) is 0 Å². The lowest BCUT2D eigenvalue weighted by atomic mass is 10.1. The highest BCUT2D eigenvalue weighted by atomic mass is 79.9. The fourth-order valence-electron chi connectivity index (χ4n) is 2.27. The Morgan fingerprint density at radius 1 is 1.67 bits per heavy atom. The molecule has 2 heterocycles. The quantitative estimate of drug-likeness (QED) is 0.920. The summed E-state index contributed by atoms with van der Waals surface area (Å²) in [6, 6.07) is 2.52. The average molecular weight is 331 g/mol. The summed E-state index contributed by atoms with van der Waals surface area (Å²) in [6.07, 6.45) is 1.18. The smallest absolute Gasteiger partial charge is 0.262 e. The molecule has 0 spiro atoms. The Bertz CT molecular complexity index is 419. The zero-order valence-corrected chi connectivity index (χ0v) is 13.2. The Balaban J connectivity index is 1.79. The number of thiophene rings is 1. The summed E-state index contributed by atoms with van der Waals surface area (Å²) >= 11 is 4.87. The van der Waals surface area contributed by atoms with Gasteiger partial charge >= 0.3 is 0 Å². The number of likely N-dealkylation sites (tertiary alicyclic amines) is 1. The molecule has 1 aromatic rings. The minimum absolute atomic E-state index is 0.0415. The first-order valence-electron chi connectivity index (χ1n) is 6.33. The van der Waals surface area contributed by atoms with Crippen molar-refractivity contribution in [2.24, 2.45) is 5.92 Å². The number of carbonyl (C=O) groups is 1. The molecule has 1 fully saturated rings. The van der Waals surface area contributed by atoms with Crippen molar-refractivity contribution in [1.82, 2.24) is 10.2 Å². The molecular weight excluding hydrogens is 312 g/mol. The molecule has 18 heavy (non-hydrogen) atoms. The fourth-order valence-corrected chi connectivity index (χ4v) is 3.74. The molecular formula is C13H19BrN2OS. The number of rotatable bonds is 4. The number of hydrogen-bond acceptors (Lipinski definition) is 3. The Morgan fingerprint density at radius 3 is 3.00 bits per heavy atom. The van der Waals surface area contributed by atoms with Crippen LogP contribution in [-0.2, 0) is 0 Å². The zero-order chi connectivity index (χ0) is 13.1. The van der Waals surface area contributed by atoms with Gasteiger partial charge < -0.3 is 10.2 Å². The van der Waals surface area contributed by atoms with Gasteiger partial charge in [0.25, 0.3) is 5.91 Å². The lowest BCUT2D eigenvalue weighted by Crippen LogP contribution is -2.32. The largest absolute Gasteiger partial charge is 0.351 e. The molecule has 0 radical (unpaired) electrons. The van der Waals surface area contributed by atoms with E-state index in [9.17, 15) is 4.79 Å². The van der Waals surface area contributed by atoms with Gasteiger partial charge in [0, 0.05) is 23.6 Å². The summed E-state index contributed by atoms with van der Waals surface area (Å²) in [7, 11) is 0. The maximum absolute atomic E-state index is 12.0. The molecule has 100 valence electrons. The summed E-state index contributed by atoms with van der Waals surface area (Å²) in [5.74, 6) is 0.634. The van der Waals surface area contributed by atoms with Gasteiger partial charge in [0.2, 0.25) is 0 Å². The van der Waals surface area contributed by atoms with Crippen LogP contribution >= 0.6 is 27.3 Å². The van der Waals surface area contributed by atoms with E-state index in [0.29, 0.717) is 12.0 Å². The summed E-state index contributed by atoms with van der Waals surface area (Å²) in [5, 5.41) is 4.97. The second kappa shape index (κ2) is 6.17. The van der Waals surface area contributed by atoms with Gasteiger partial charge in [0.05, 0.1) is 0 Å². The van der Waals surface area contributed by atoms with Crippen LogP contribution < -0.4 is 5.32 Å². The third-order valence-electron chi connectivity index (χ3n) is 3.42. The van der Waals surface area contributed by atoms with Crippen molar-refractivity contribution in [2.45, 2.75) is 26.3 Å². The van der Waals surface area contributed by atoms with Crippen molar-refractivity contribution in [1.29, 1.82) is 0 Å². The van der Waals surface area contributed by atoms with Gasteiger partial charge in [-0.05, 0) is 60.1 Å². The summed E-state index contributed by atoms with van der Waals surface area (Å²) in [4.78, 5) is 15.2. The molecule has 0 bridgehead atoms. The molecule has 0 aliphatic carbocycles. The van der Waals surface area contributed by atoms with E-state index in [4.69, 9.17) is 0 Å². The number of amides is 1. The second-order valence-electron chi connectivity index (χ2n) is 5.05. The first kappa shape index (κ1) is 14.0. The Kier molecular flexibility index (Phi) is 4.81. The van der Waals surface area contributed by atoms with Gasteiger partial charge in [-0.2, -0.15) is 0 Å². The van der Waals surface area contributed by atoms with E-state index in [1.165, 1.54) is 17.8 Å². The SMILES string of the molecule is CC(C)N1CCC(CNC(=O)c2sccc2Br)C1. The topological polar surface area (TPSA) is 32.3 Å². The van der Waals surface area contributed by atoms with Crippen LogP contribution in [0.3, 0.4) is 0 Å². The van der Waals surface area contributed by atoms with Crippen LogP contribution in [0.15, 0.2) is 15.9 Å². The number of halogens is 1. The molecule has 1 unspecified atom stereocenters. The van der Waals surface area contributed by atoms with E-state index in [1.54, 1.807) is 0 Å². The molecule has 1 aliphatic rings. The van der Waals surface area contributed by atoms with Crippen LogP contribution in [0.25, 0.3) is 0 Å². The standard InChI is InChI=1S/C13H19BrN2OS/c1-9(2)16-5-3-10(8-16)7-15-13(17)12-11(14)4-6-18-12/h4,6,9-10H,3,5,7-8H2,1-2H3,(H,15,17). The number of hydrogen-bond donors (Lipinski definition) is 1. The Morgan fingerprint density at radius 2 is 2.44 bits per heavy atom. The summed E-state index contributed by atoms with van der Waals surface area (Å²) < 4.78 is 0.889. The van der Waals surface area contributed by atoms with Crippen LogP contribution in [0, 0.1) is 5.92 Å². The Hall–Kier alpha value is -0.390. The van der Waals surface area contributed by atoms with Gasteiger partial charge in [-0.15, -0.1) is 11.3 Å². The highest BCUT2D eigenvalue weighted by Gasteiger charge is 2.24. The third kappa shape index (κ3) is 3.33. The first-order chi connectivity index (χ1) is 8.58. The molecule has 1 aliphatic heterocycles. The van der Waals surface area contributed by atoms with Gasteiger partial charge in [0.1, 0.15) is 4.88 Å². The highest BCUT2D eigenvalue weighted by molar-refractivity contribution is 9.10. The molecule has 3 nitrogen and oxygen atoms in total. The van der Waals surface area contributed by atoms with E-state index in [0.717, 1.165) is 29.0 Å². The minimum atomic E-state index is 0.0415. The summed E-state index contributed by atoms with van der Waals surface area (Å²) in [6.45, 7) is 7.49. The predicted octanol–water partition coefficient (Wildman–Crippen LogP) is 2.97. The molecule has 2 rings (SSSR count). The molecule has 0 saturated carbocycles. The lowest BCUT2D eigenvalue weighted by molar-refractivity contribution is 0.0950. The second-order valence-corrected chi connectivity index (χ2v) is 6.82. The van der Waals surface area contributed by atoms with Crippen molar-refractivity contribution >= 4 is 33.2 Å². The van der Waals surface area contributed by atoms with E-state index in [-0.39, 0.29) is 5.91 Å². The van der Waals surface area contributed by atoms with Gasteiger partial charge in [0.15, 0.2) is 0 Å². The lowest BCUT2D eigenvalue weighted by Gasteiger charge is -2.20. The van der Waals surface area contributed by atoms with Crippen molar-refractivity contribution in [3.63, 3.8) is 0 Å². The maximum Gasteiger partial charge on any atom is 0.262 e. The average Bonchev–Trinajstić information content (AvgIpc) is 2.94. The molecule has 1 aromatic heterocycles. The monoisotopic (exact) mass is 330 g/mol. The van der Waals surface area contributed by atoms with E-state index in [2.05, 4.69) is 40.0 Å². The van der Waals surface area contributed by atoms with Gasteiger partial charge in [-0.25, -0.2) is 0 Å². The molecule has 1 saturated heterocycles. The normalized spacial score (nSPS) is 20.6. The molecule has 0 aromatic carbocycles. The first-order valence-corrected chi connectivity index (χ1v) is 8.00. The van der Waals surface area contributed by atoms with Crippen LogP contribution in [0.4, 0.5) is 0 Å². The van der Waals surface area contributed by atoms with E-state index in [1.807, 2.05) is 11.4 Å². The predicted molar refractivity (Wildman–Crippen MR) is 79.2 cm³/mol. The minimum Gasteiger partial charge on any atom is -0.351 e. The molecule has 1 atom stereocenters. The van der Waals surface area contributed by atoms with Crippen LogP contribution in [0.1, 0.15) is 29.9 Å². The van der Waals surface area contributed by atoms with Crippen molar-refractivity contribution in [3.05, 3.63) is 20.8 Å². The molecule has 1 N–H and O–H groups in total. The van der Waals surface area contributed by atoms with Gasteiger partial charge in [-0.3, -0.25) is 4.79 Å². The van der Waals surface area contributed by atoms with Crippen molar-refractivity contribution in [2.75, 3.05) is 19.6 Å². The number of nitrogens with zero attached hydrogens (tertiary/aromatic N) is 1. The fraction of sp³-hybridized carbons (Fsp3) is 0.615. The van der Waals surface area contributed by atoms with E-state index < -0.39 is 0 Å². The van der Waals surface area contributed by atoms with Crippen molar-refractivity contribution in [3.8, 4) is 0 Å². The van der Waals surface area contributed by atoms with Crippen LogP contribution in [-0.4, -0.2) is 36.5 Å². The zero-order valence-electron chi connectivity index (χ0n) is 10.8. The van der Waals surface area contributed by atoms with Gasteiger partial charge in [-0.1, -0.05) is 0 Å². The Labute approximate surface area is 121 Å². The van der Waals surface area contributed by atoms with Crippen LogP contribution in [0.2, 0.25) is 0 Å². The number of nitrogens with one attached hydrogen (secondary N) is 1. The molecule has 5 heteroatoms. The van der Waals surface area contributed by atoms with Crippen molar-refractivity contribution < 1.29 is 4.79 Å².